The van der Waals surface area contributed by atoms with Crippen molar-refractivity contribution in [2.75, 3.05) is 32.8 Å². The molecule has 0 spiro atoms. The first-order valence-electron chi connectivity index (χ1n) is 11.5. The minimum atomic E-state index is -1.29. The van der Waals surface area contributed by atoms with Gasteiger partial charge in [0.05, 0.1) is 13.2 Å². The quantitative estimate of drug-likeness (QED) is 0.708. The first-order chi connectivity index (χ1) is 16.5. The molecule has 0 radical (unpaired) electrons. The maximum absolute atomic E-state index is 13.3. The normalized spacial score (nSPS) is 22.2. The van der Waals surface area contributed by atoms with Crippen LogP contribution in [0.15, 0.2) is 54.6 Å². The minimum Gasteiger partial charge on any atom is -0.490 e. The van der Waals surface area contributed by atoms with E-state index in [9.17, 15) is 14.4 Å². The van der Waals surface area contributed by atoms with Crippen LogP contribution in [-0.2, 0) is 15.1 Å². The van der Waals surface area contributed by atoms with Gasteiger partial charge in [0.15, 0.2) is 11.5 Å². The minimum absolute atomic E-state index is 0.255. The van der Waals surface area contributed by atoms with Gasteiger partial charge in [0.1, 0.15) is 12.1 Å². The number of urea groups is 1. The lowest BCUT2D eigenvalue weighted by atomic mass is 9.91. The first-order valence-corrected chi connectivity index (χ1v) is 11.5. The number of imide groups is 1. The number of benzene rings is 2. The molecule has 3 aliphatic heterocycles. The maximum atomic E-state index is 13.3. The predicted octanol–water partition coefficient (Wildman–Crippen LogP) is 2.93. The summed E-state index contributed by atoms with van der Waals surface area (Å²) in [6.45, 7) is 3.43. The van der Waals surface area contributed by atoms with Crippen molar-refractivity contribution in [1.82, 2.24) is 15.1 Å². The third-order valence-corrected chi connectivity index (χ3v) is 6.60. The third kappa shape index (κ3) is 4.00. The van der Waals surface area contributed by atoms with Crippen LogP contribution in [-0.4, -0.2) is 60.5 Å². The lowest BCUT2D eigenvalue weighted by Crippen LogP contribution is -2.45. The highest BCUT2D eigenvalue weighted by Gasteiger charge is 2.50. The molecule has 3 aliphatic rings. The Bertz CT molecular complexity index is 1160. The summed E-state index contributed by atoms with van der Waals surface area (Å²) >= 11 is 0. The molecule has 0 bridgehead atoms. The Hall–Kier alpha value is -3.81. The van der Waals surface area contributed by atoms with Gasteiger partial charge in [-0.05, 0) is 42.2 Å². The van der Waals surface area contributed by atoms with Crippen LogP contribution in [0.3, 0.4) is 0 Å². The lowest BCUT2D eigenvalue weighted by Gasteiger charge is -2.28. The summed E-state index contributed by atoms with van der Waals surface area (Å²) in [6, 6.07) is 14.7. The number of nitrogens with zero attached hydrogens (tertiary/aromatic N) is 2. The Balaban J connectivity index is 1.28. The molecule has 1 N–H and O–H groups in total. The molecule has 1 atom stereocenters. The SMILES string of the molecule is CC1(c2ccc3c(c2)OCCCO3)NC(=O)N(CC(=O)N2CC=C(c3ccccc3)CC2)C1=O. The summed E-state index contributed by atoms with van der Waals surface area (Å²) in [4.78, 5) is 41.7. The molecule has 0 aliphatic carbocycles. The molecule has 1 saturated heterocycles. The maximum Gasteiger partial charge on any atom is 0.325 e. The fraction of sp³-hybridized carbons (Fsp3) is 0.346. The lowest BCUT2D eigenvalue weighted by molar-refractivity contribution is -0.138. The van der Waals surface area contributed by atoms with Crippen LogP contribution in [0.4, 0.5) is 4.79 Å². The topological polar surface area (TPSA) is 88.2 Å². The molecule has 3 heterocycles. The highest BCUT2D eigenvalue weighted by Crippen LogP contribution is 2.36. The van der Waals surface area contributed by atoms with Gasteiger partial charge >= 0.3 is 6.03 Å². The van der Waals surface area contributed by atoms with Gasteiger partial charge in [-0.3, -0.25) is 14.5 Å². The molecule has 34 heavy (non-hydrogen) atoms. The van der Waals surface area contributed by atoms with Gasteiger partial charge in [-0.1, -0.05) is 42.5 Å². The average molecular weight is 462 g/mol. The van der Waals surface area contributed by atoms with Crippen molar-refractivity contribution in [2.45, 2.75) is 25.3 Å². The number of amides is 4. The van der Waals surface area contributed by atoms with E-state index in [1.807, 2.05) is 24.3 Å². The highest BCUT2D eigenvalue weighted by molar-refractivity contribution is 6.09. The fourth-order valence-electron chi connectivity index (χ4n) is 4.56. The molecular formula is C26H27N3O5. The van der Waals surface area contributed by atoms with Gasteiger partial charge in [0.2, 0.25) is 5.91 Å². The Labute approximate surface area is 198 Å². The van der Waals surface area contributed by atoms with Crippen LogP contribution in [0, 0.1) is 0 Å². The van der Waals surface area contributed by atoms with Crippen LogP contribution in [0.1, 0.15) is 30.9 Å². The van der Waals surface area contributed by atoms with Gasteiger partial charge < -0.3 is 19.7 Å². The Morgan fingerprint density at radius 2 is 1.82 bits per heavy atom. The second-order valence-electron chi connectivity index (χ2n) is 8.84. The monoisotopic (exact) mass is 461 g/mol. The van der Waals surface area contributed by atoms with E-state index in [4.69, 9.17) is 9.47 Å². The molecule has 5 rings (SSSR count). The average Bonchev–Trinajstić information content (AvgIpc) is 3.02. The van der Waals surface area contributed by atoms with Gasteiger partial charge in [0, 0.05) is 19.5 Å². The van der Waals surface area contributed by atoms with Crippen LogP contribution >= 0.6 is 0 Å². The molecule has 4 amide bonds. The van der Waals surface area contributed by atoms with Crippen molar-refractivity contribution >= 4 is 23.4 Å². The van der Waals surface area contributed by atoms with E-state index in [-0.39, 0.29) is 12.5 Å². The Morgan fingerprint density at radius 1 is 1.06 bits per heavy atom. The summed E-state index contributed by atoms with van der Waals surface area (Å²) in [7, 11) is 0. The summed E-state index contributed by atoms with van der Waals surface area (Å²) in [5, 5.41) is 2.76. The summed E-state index contributed by atoms with van der Waals surface area (Å²) in [5.41, 5.74) is 1.64. The molecule has 0 saturated carbocycles. The van der Waals surface area contributed by atoms with Crippen molar-refractivity contribution in [3.8, 4) is 11.5 Å². The van der Waals surface area contributed by atoms with E-state index >= 15 is 0 Å². The largest absolute Gasteiger partial charge is 0.490 e. The molecule has 0 aromatic heterocycles. The molecule has 8 heteroatoms. The zero-order valence-corrected chi connectivity index (χ0v) is 19.1. The number of fused-ring (bicyclic) bond motifs is 1. The van der Waals surface area contributed by atoms with Gasteiger partial charge in [-0.25, -0.2) is 4.79 Å². The Morgan fingerprint density at radius 3 is 2.56 bits per heavy atom. The smallest absolute Gasteiger partial charge is 0.325 e. The van der Waals surface area contributed by atoms with Crippen molar-refractivity contribution in [3.05, 3.63) is 65.7 Å². The number of hydrogen-bond donors (Lipinski definition) is 1. The number of hydrogen-bond acceptors (Lipinski definition) is 5. The third-order valence-electron chi connectivity index (χ3n) is 6.60. The summed E-state index contributed by atoms with van der Waals surface area (Å²) in [6.07, 6.45) is 3.53. The van der Waals surface area contributed by atoms with Crippen molar-refractivity contribution < 1.29 is 23.9 Å². The number of rotatable bonds is 4. The van der Waals surface area contributed by atoms with Gasteiger partial charge in [0.25, 0.3) is 5.91 Å². The van der Waals surface area contributed by atoms with Gasteiger partial charge in [-0.15, -0.1) is 0 Å². The summed E-state index contributed by atoms with van der Waals surface area (Å²) < 4.78 is 11.4. The number of ether oxygens (including phenoxy) is 2. The van der Waals surface area contributed by atoms with E-state index in [0.29, 0.717) is 43.4 Å². The van der Waals surface area contributed by atoms with Crippen LogP contribution in [0.5, 0.6) is 11.5 Å². The highest BCUT2D eigenvalue weighted by atomic mass is 16.5. The molecule has 2 aromatic rings. The van der Waals surface area contributed by atoms with Gasteiger partial charge in [-0.2, -0.15) is 0 Å². The standard InChI is InChI=1S/C26H27N3O5/c1-26(20-8-9-21-22(16-20)34-15-5-14-33-21)24(31)29(25(32)27-26)17-23(30)28-12-10-19(11-13-28)18-6-3-2-4-7-18/h2-4,6-10,16H,5,11-15,17H2,1H3,(H,27,32). The second kappa shape index (κ2) is 8.85. The molecule has 2 aromatic carbocycles. The Kier molecular flexibility index (Phi) is 5.73. The zero-order valence-electron chi connectivity index (χ0n) is 19.1. The fourth-order valence-corrected chi connectivity index (χ4v) is 4.56. The molecular weight excluding hydrogens is 434 g/mol. The summed E-state index contributed by atoms with van der Waals surface area (Å²) in [5.74, 6) is 0.441. The van der Waals surface area contributed by atoms with Crippen LogP contribution in [0.25, 0.3) is 5.57 Å². The van der Waals surface area contributed by atoms with E-state index in [1.54, 1.807) is 30.0 Å². The number of carbonyl (C=O) groups is 3. The van der Waals surface area contributed by atoms with E-state index < -0.39 is 17.5 Å². The molecule has 8 nitrogen and oxygen atoms in total. The number of carbonyl (C=O) groups excluding carboxylic acids is 3. The molecule has 1 fully saturated rings. The van der Waals surface area contributed by atoms with Crippen molar-refractivity contribution in [1.29, 1.82) is 0 Å². The number of nitrogens with one attached hydrogen (secondary N) is 1. The molecule has 176 valence electrons. The van der Waals surface area contributed by atoms with Crippen LogP contribution < -0.4 is 14.8 Å². The first kappa shape index (κ1) is 22.0. The van der Waals surface area contributed by atoms with Crippen molar-refractivity contribution in [3.63, 3.8) is 0 Å². The molecule has 1 unspecified atom stereocenters. The van der Waals surface area contributed by atoms with E-state index in [2.05, 4.69) is 17.4 Å². The zero-order chi connectivity index (χ0) is 23.7. The van der Waals surface area contributed by atoms with E-state index in [1.165, 1.54) is 5.57 Å². The van der Waals surface area contributed by atoms with Crippen molar-refractivity contribution in [2.24, 2.45) is 0 Å². The van der Waals surface area contributed by atoms with E-state index in [0.717, 1.165) is 23.3 Å². The predicted molar refractivity (Wildman–Crippen MR) is 125 cm³/mol. The second-order valence-corrected chi connectivity index (χ2v) is 8.84. The van der Waals surface area contributed by atoms with Crippen LogP contribution in [0.2, 0.25) is 0 Å².